The van der Waals surface area contributed by atoms with E-state index in [0.29, 0.717) is 30.0 Å². The van der Waals surface area contributed by atoms with E-state index in [2.05, 4.69) is 10.5 Å². The molecule has 18 heavy (non-hydrogen) atoms. The van der Waals surface area contributed by atoms with Crippen LogP contribution in [-0.4, -0.2) is 17.4 Å². The number of alkyl halides is 3. The van der Waals surface area contributed by atoms with Crippen LogP contribution in [0.3, 0.4) is 0 Å². The average molecular weight is 262 g/mol. The molecule has 0 fully saturated rings. The maximum absolute atomic E-state index is 12.7. The Bertz CT molecular complexity index is 412. The number of fused-ring (bicyclic) bond motifs is 1. The highest BCUT2D eigenvalue weighted by molar-refractivity contribution is 5.26. The van der Waals surface area contributed by atoms with Crippen LogP contribution >= 0.6 is 0 Å². The predicted molar refractivity (Wildman–Crippen MR) is 60.0 cm³/mol. The van der Waals surface area contributed by atoms with Gasteiger partial charge in [-0.3, -0.25) is 0 Å². The fraction of sp³-hybridized carbons (Fsp3) is 0.750. The lowest BCUT2D eigenvalue weighted by Gasteiger charge is -2.23. The molecule has 1 aromatic rings. The number of hydrogen-bond acceptors (Lipinski definition) is 3. The molecular weight excluding hydrogens is 245 g/mol. The minimum atomic E-state index is -4.13. The number of rotatable bonds is 3. The topological polar surface area (TPSA) is 38.1 Å². The Hall–Kier alpha value is -1.04. The minimum Gasteiger partial charge on any atom is -0.361 e. The Morgan fingerprint density at radius 1 is 1.44 bits per heavy atom. The third-order valence-corrected chi connectivity index (χ3v) is 3.26. The highest BCUT2D eigenvalue weighted by Gasteiger charge is 2.42. The summed E-state index contributed by atoms with van der Waals surface area (Å²) in [6.45, 7) is 4.41. The van der Waals surface area contributed by atoms with Gasteiger partial charge in [-0.2, -0.15) is 13.2 Å². The molecule has 3 nitrogen and oxygen atoms in total. The summed E-state index contributed by atoms with van der Waals surface area (Å²) in [6.07, 6.45) is -3.70. The Balaban J connectivity index is 2.12. The van der Waals surface area contributed by atoms with Gasteiger partial charge in [-0.1, -0.05) is 19.0 Å². The summed E-state index contributed by atoms with van der Waals surface area (Å²) in [4.78, 5) is 0. The summed E-state index contributed by atoms with van der Waals surface area (Å²) < 4.78 is 43.3. The first-order valence-corrected chi connectivity index (χ1v) is 6.14. The van der Waals surface area contributed by atoms with E-state index >= 15 is 0 Å². The summed E-state index contributed by atoms with van der Waals surface area (Å²) >= 11 is 0. The molecule has 6 heteroatoms. The van der Waals surface area contributed by atoms with E-state index in [1.54, 1.807) is 0 Å². The maximum Gasteiger partial charge on any atom is 0.392 e. The van der Waals surface area contributed by atoms with Gasteiger partial charge >= 0.3 is 6.18 Å². The second-order valence-electron chi connectivity index (χ2n) is 5.05. The zero-order chi connectivity index (χ0) is 13.3. The van der Waals surface area contributed by atoms with Gasteiger partial charge in [0, 0.05) is 24.6 Å². The second kappa shape index (κ2) is 4.91. The van der Waals surface area contributed by atoms with Crippen molar-refractivity contribution < 1.29 is 17.7 Å². The van der Waals surface area contributed by atoms with Gasteiger partial charge in [-0.25, -0.2) is 0 Å². The van der Waals surface area contributed by atoms with Gasteiger partial charge in [-0.05, 0) is 12.8 Å². The highest BCUT2D eigenvalue weighted by atomic mass is 19.4. The van der Waals surface area contributed by atoms with Crippen molar-refractivity contribution in [1.29, 1.82) is 0 Å². The molecule has 0 spiro atoms. The van der Waals surface area contributed by atoms with Crippen molar-refractivity contribution in [2.75, 3.05) is 0 Å². The lowest BCUT2D eigenvalue weighted by atomic mass is 9.86. The molecule has 1 atom stereocenters. The predicted octanol–water partition coefficient (Wildman–Crippen LogP) is 2.84. The number of hydrogen-bond donors (Lipinski definition) is 1. The molecule has 1 aliphatic rings. The molecule has 2 rings (SSSR count). The molecule has 1 unspecified atom stereocenters. The van der Waals surface area contributed by atoms with Crippen LogP contribution in [0, 0.1) is 5.92 Å². The normalized spacial score (nSPS) is 20.2. The zero-order valence-corrected chi connectivity index (χ0v) is 10.5. The minimum absolute atomic E-state index is 0.00254. The van der Waals surface area contributed by atoms with Crippen molar-refractivity contribution in [3.05, 3.63) is 17.0 Å². The van der Waals surface area contributed by atoms with E-state index in [0.717, 1.165) is 0 Å². The van der Waals surface area contributed by atoms with Crippen LogP contribution in [0.2, 0.25) is 0 Å². The van der Waals surface area contributed by atoms with Crippen molar-refractivity contribution in [1.82, 2.24) is 10.5 Å². The summed E-state index contributed by atoms with van der Waals surface area (Å²) in [6, 6.07) is 0.263. The third kappa shape index (κ3) is 2.85. The quantitative estimate of drug-likeness (QED) is 0.910. The van der Waals surface area contributed by atoms with Gasteiger partial charge in [0.2, 0.25) is 0 Å². The first-order chi connectivity index (χ1) is 8.38. The van der Waals surface area contributed by atoms with E-state index in [4.69, 9.17) is 4.52 Å². The summed E-state index contributed by atoms with van der Waals surface area (Å²) in [5.41, 5.74) is 1.27. The molecule has 1 aromatic heterocycles. The summed E-state index contributed by atoms with van der Waals surface area (Å²) in [5, 5.41) is 7.03. The lowest BCUT2D eigenvalue weighted by Crippen LogP contribution is -2.29. The molecule has 0 amide bonds. The van der Waals surface area contributed by atoms with Gasteiger partial charge in [0.05, 0.1) is 5.92 Å². The first kappa shape index (κ1) is 13.4. The molecule has 0 radical (unpaired) electrons. The largest absolute Gasteiger partial charge is 0.392 e. The fourth-order valence-corrected chi connectivity index (χ4v) is 2.18. The summed E-state index contributed by atoms with van der Waals surface area (Å²) in [5.74, 6) is -0.641. The molecule has 1 aliphatic carbocycles. The second-order valence-corrected chi connectivity index (χ2v) is 5.05. The number of aromatic nitrogens is 1. The van der Waals surface area contributed by atoms with Gasteiger partial charge < -0.3 is 9.84 Å². The Morgan fingerprint density at radius 3 is 2.78 bits per heavy atom. The van der Waals surface area contributed by atoms with E-state index in [9.17, 15) is 13.2 Å². The van der Waals surface area contributed by atoms with Crippen LogP contribution in [0.5, 0.6) is 0 Å². The van der Waals surface area contributed by atoms with Crippen LogP contribution in [0.25, 0.3) is 0 Å². The smallest absolute Gasteiger partial charge is 0.361 e. The number of aryl methyl sites for hydroxylation is 1. The molecule has 0 aromatic carbocycles. The number of nitrogens with one attached hydrogen (secondary N) is 1. The van der Waals surface area contributed by atoms with E-state index in [1.807, 2.05) is 13.8 Å². The number of halogens is 3. The van der Waals surface area contributed by atoms with E-state index in [1.165, 1.54) is 0 Å². The van der Waals surface area contributed by atoms with Crippen molar-refractivity contribution in [3.63, 3.8) is 0 Å². The third-order valence-electron chi connectivity index (χ3n) is 3.26. The van der Waals surface area contributed by atoms with Gasteiger partial charge in [-0.15, -0.1) is 0 Å². The summed E-state index contributed by atoms with van der Waals surface area (Å²) in [7, 11) is 0. The molecule has 0 saturated heterocycles. The molecule has 0 aliphatic heterocycles. The molecule has 102 valence electrons. The van der Waals surface area contributed by atoms with Gasteiger partial charge in [0.25, 0.3) is 0 Å². The molecule has 1 N–H and O–H groups in total. The van der Waals surface area contributed by atoms with E-state index in [-0.39, 0.29) is 18.9 Å². The maximum atomic E-state index is 12.7. The van der Waals surface area contributed by atoms with Gasteiger partial charge in [0.1, 0.15) is 11.5 Å². The van der Waals surface area contributed by atoms with Crippen LogP contribution in [-0.2, 0) is 19.4 Å². The molecule has 1 heterocycles. The monoisotopic (exact) mass is 262 g/mol. The van der Waals surface area contributed by atoms with E-state index < -0.39 is 12.1 Å². The zero-order valence-electron chi connectivity index (χ0n) is 10.5. The SMILES string of the molecule is CC(C)NCc1noc2c1CC(C(F)(F)F)CC2. The lowest BCUT2D eigenvalue weighted by molar-refractivity contribution is -0.177. The van der Waals surface area contributed by atoms with Crippen molar-refractivity contribution in [3.8, 4) is 0 Å². The fourth-order valence-electron chi connectivity index (χ4n) is 2.18. The Kier molecular flexibility index (Phi) is 3.66. The van der Waals surface area contributed by atoms with Crippen molar-refractivity contribution >= 4 is 0 Å². The van der Waals surface area contributed by atoms with Crippen LogP contribution in [0.15, 0.2) is 4.52 Å². The molecule has 0 saturated carbocycles. The Labute approximate surface area is 104 Å². The van der Waals surface area contributed by atoms with Gasteiger partial charge in [0.15, 0.2) is 0 Å². The van der Waals surface area contributed by atoms with Crippen molar-refractivity contribution in [2.24, 2.45) is 5.92 Å². The average Bonchev–Trinajstić information content (AvgIpc) is 2.67. The van der Waals surface area contributed by atoms with Crippen LogP contribution < -0.4 is 5.32 Å². The van der Waals surface area contributed by atoms with Crippen LogP contribution in [0.1, 0.15) is 37.3 Å². The standard InChI is InChI=1S/C12H17F3N2O/c1-7(2)16-6-10-9-5-8(12(13,14)15)3-4-11(9)18-17-10/h7-8,16H,3-6H2,1-2H3. The number of nitrogens with zero attached hydrogens (tertiary/aromatic N) is 1. The Morgan fingerprint density at radius 2 is 2.17 bits per heavy atom. The first-order valence-electron chi connectivity index (χ1n) is 6.14. The molecule has 0 bridgehead atoms. The van der Waals surface area contributed by atoms with Crippen LogP contribution in [0.4, 0.5) is 13.2 Å². The molecular formula is C12H17F3N2O. The highest BCUT2D eigenvalue weighted by Crippen LogP contribution is 2.38. The van der Waals surface area contributed by atoms with Crippen molar-refractivity contribution in [2.45, 2.75) is 51.9 Å².